The van der Waals surface area contributed by atoms with E-state index in [1.807, 2.05) is 0 Å². The maximum atomic E-state index is 12.3. The molecule has 2 fully saturated rings. The molecule has 0 amide bonds. The van der Waals surface area contributed by atoms with E-state index in [0.717, 1.165) is 17.6 Å². The first kappa shape index (κ1) is 18.7. The smallest absolute Gasteiger partial charge is 0.334 e. The van der Waals surface area contributed by atoms with Gasteiger partial charge in [0, 0.05) is 17.4 Å². The molecule has 1 heterocycles. The number of aliphatic hydroxyl groups excluding tert-OH is 1. The monoisotopic (exact) mass is 332 g/mol. The Bertz CT molecular complexity index is 577. The van der Waals surface area contributed by atoms with Crippen LogP contribution in [0, 0.1) is 11.8 Å². The van der Waals surface area contributed by atoms with E-state index in [1.54, 1.807) is 32.1 Å². The van der Waals surface area contributed by atoms with Gasteiger partial charge in [-0.1, -0.05) is 37.0 Å². The molecule has 0 spiro atoms. The fraction of sp³-hybridized carbons (Fsp3) is 0.550. The van der Waals surface area contributed by atoms with Gasteiger partial charge in [0.25, 0.3) is 0 Å². The number of cyclic esters (lactones) is 1. The molecule has 4 heteroatoms. The zero-order valence-electron chi connectivity index (χ0n) is 14.6. The lowest BCUT2D eigenvalue weighted by Crippen LogP contribution is -2.34. The lowest BCUT2D eigenvalue weighted by atomic mass is 9.76. The molecule has 2 N–H and O–H groups in total. The first-order chi connectivity index (χ1) is 11.2. The largest absolute Gasteiger partial charge is 0.462 e. The van der Waals surface area contributed by atoms with E-state index < -0.39 is 11.7 Å². The maximum absolute atomic E-state index is 12.3. The summed E-state index contributed by atoms with van der Waals surface area (Å²) in [4.78, 5) is 12.3. The summed E-state index contributed by atoms with van der Waals surface area (Å²) < 4.78 is 5.35. The van der Waals surface area contributed by atoms with E-state index in [4.69, 9.17) is 4.74 Å². The SMILES string of the molecule is C=C1CCC2/C(=C/C=C/C(C)(C)O)C(=O)OCC2C(=C)CCC1O. The third-order valence-corrected chi connectivity index (χ3v) is 4.81. The number of hydrogen-bond acceptors (Lipinski definition) is 4. The lowest BCUT2D eigenvalue weighted by molar-refractivity contribution is -0.144. The van der Waals surface area contributed by atoms with Crippen molar-refractivity contribution in [1.82, 2.24) is 0 Å². The van der Waals surface area contributed by atoms with Gasteiger partial charge in [-0.15, -0.1) is 0 Å². The molecule has 0 aromatic rings. The van der Waals surface area contributed by atoms with Crippen molar-refractivity contribution in [1.29, 1.82) is 0 Å². The Labute approximate surface area is 144 Å². The molecule has 0 radical (unpaired) electrons. The van der Waals surface area contributed by atoms with E-state index >= 15 is 0 Å². The van der Waals surface area contributed by atoms with E-state index in [1.165, 1.54) is 0 Å². The highest BCUT2D eigenvalue weighted by molar-refractivity contribution is 5.90. The van der Waals surface area contributed by atoms with E-state index in [0.29, 0.717) is 31.4 Å². The summed E-state index contributed by atoms with van der Waals surface area (Å²) >= 11 is 0. The van der Waals surface area contributed by atoms with Crippen molar-refractivity contribution in [2.45, 2.75) is 51.2 Å². The summed E-state index contributed by atoms with van der Waals surface area (Å²) in [5.74, 6) is -0.232. The average molecular weight is 332 g/mol. The number of aliphatic hydroxyl groups is 2. The van der Waals surface area contributed by atoms with Crippen molar-refractivity contribution >= 4 is 5.97 Å². The lowest BCUT2D eigenvalue weighted by Gasteiger charge is -2.33. The van der Waals surface area contributed by atoms with E-state index in [-0.39, 0.29) is 17.8 Å². The number of hydrogen-bond donors (Lipinski definition) is 2. The van der Waals surface area contributed by atoms with Gasteiger partial charge in [-0.2, -0.15) is 0 Å². The number of esters is 1. The van der Waals surface area contributed by atoms with Gasteiger partial charge in [0.05, 0.1) is 18.3 Å². The first-order valence-electron chi connectivity index (χ1n) is 8.51. The highest BCUT2D eigenvalue weighted by Gasteiger charge is 2.37. The second-order valence-corrected chi connectivity index (χ2v) is 7.36. The Kier molecular flexibility index (Phi) is 5.83. The van der Waals surface area contributed by atoms with Gasteiger partial charge in [-0.25, -0.2) is 4.79 Å². The number of allylic oxidation sites excluding steroid dienone is 2. The van der Waals surface area contributed by atoms with Crippen LogP contribution in [0.5, 0.6) is 0 Å². The van der Waals surface area contributed by atoms with Crippen molar-refractivity contribution in [3.63, 3.8) is 0 Å². The van der Waals surface area contributed by atoms with Crippen LogP contribution < -0.4 is 0 Å². The Morgan fingerprint density at radius 3 is 2.50 bits per heavy atom. The summed E-state index contributed by atoms with van der Waals surface area (Å²) in [6.07, 6.45) is 7.30. The Morgan fingerprint density at radius 1 is 1.17 bits per heavy atom. The number of carbonyl (C=O) groups excluding carboxylic acids is 1. The molecule has 1 saturated heterocycles. The predicted molar refractivity (Wildman–Crippen MR) is 94.2 cm³/mol. The van der Waals surface area contributed by atoms with Crippen LogP contribution >= 0.6 is 0 Å². The van der Waals surface area contributed by atoms with Gasteiger partial charge in [0.15, 0.2) is 0 Å². The normalized spacial score (nSPS) is 31.4. The highest BCUT2D eigenvalue weighted by Crippen LogP contribution is 2.39. The molecule has 0 aromatic heterocycles. The van der Waals surface area contributed by atoms with Gasteiger partial charge >= 0.3 is 5.97 Å². The molecule has 1 aliphatic heterocycles. The van der Waals surface area contributed by atoms with E-state index in [2.05, 4.69) is 13.2 Å². The third kappa shape index (κ3) is 4.68. The fourth-order valence-electron chi connectivity index (χ4n) is 3.29. The summed E-state index contributed by atoms with van der Waals surface area (Å²) in [5, 5.41) is 19.9. The number of ether oxygens (including phenoxy) is 1. The van der Waals surface area contributed by atoms with Crippen LogP contribution in [0.1, 0.15) is 39.5 Å². The predicted octanol–water partition coefficient (Wildman–Crippen LogP) is 3.08. The maximum Gasteiger partial charge on any atom is 0.334 e. The van der Waals surface area contributed by atoms with Gasteiger partial charge in [-0.3, -0.25) is 0 Å². The minimum absolute atomic E-state index is 0.00672. The first-order valence-corrected chi connectivity index (χ1v) is 8.51. The number of rotatable bonds is 2. The second kappa shape index (κ2) is 7.49. The van der Waals surface area contributed by atoms with Crippen LogP contribution in [-0.2, 0) is 9.53 Å². The third-order valence-electron chi connectivity index (χ3n) is 4.81. The number of carbonyl (C=O) groups is 1. The van der Waals surface area contributed by atoms with Crippen molar-refractivity contribution in [2.24, 2.45) is 11.8 Å². The molecule has 132 valence electrons. The Balaban J connectivity index is 2.30. The summed E-state index contributed by atoms with van der Waals surface area (Å²) in [6, 6.07) is 0. The molecule has 3 atom stereocenters. The molecule has 4 nitrogen and oxygen atoms in total. The minimum atomic E-state index is -0.935. The molecule has 24 heavy (non-hydrogen) atoms. The molecular formula is C20H28O4. The molecule has 1 aliphatic carbocycles. The molecule has 2 rings (SSSR count). The second-order valence-electron chi connectivity index (χ2n) is 7.36. The molecule has 2 aliphatic rings. The standard InChI is InChI=1S/C20H28O4/c1-13-8-10-18(21)14(2)7-9-15-16(6-5-11-20(3,4)23)19(22)24-12-17(13)15/h5-6,11,15,17-18,21,23H,1-2,7-10,12H2,3-4H3/b11-5+,16-6-. The van der Waals surface area contributed by atoms with Crippen molar-refractivity contribution in [3.8, 4) is 0 Å². The topological polar surface area (TPSA) is 66.8 Å². The van der Waals surface area contributed by atoms with Gasteiger partial charge in [0.2, 0.25) is 0 Å². The molecular weight excluding hydrogens is 304 g/mol. The Morgan fingerprint density at radius 2 is 1.83 bits per heavy atom. The van der Waals surface area contributed by atoms with E-state index in [9.17, 15) is 15.0 Å². The molecule has 0 aromatic carbocycles. The van der Waals surface area contributed by atoms with Crippen LogP contribution in [0.15, 0.2) is 48.1 Å². The summed E-state index contributed by atoms with van der Waals surface area (Å²) in [7, 11) is 0. The summed E-state index contributed by atoms with van der Waals surface area (Å²) in [6.45, 7) is 11.8. The van der Waals surface area contributed by atoms with Crippen LogP contribution in [0.3, 0.4) is 0 Å². The van der Waals surface area contributed by atoms with Gasteiger partial charge < -0.3 is 14.9 Å². The highest BCUT2D eigenvalue weighted by atomic mass is 16.5. The van der Waals surface area contributed by atoms with Crippen LogP contribution in [0.2, 0.25) is 0 Å². The van der Waals surface area contributed by atoms with Gasteiger partial charge in [0.1, 0.15) is 0 Å². The fourth-order valence-corrected chi connectivity index (χ4v) is 3.29. The minimum Gasteiger partial charge on any atom is -0.462 e. The zero-order valence-corrected chi connectivity index (χ0v) is 14.6. The van der Waals surface area contributed by atoms with Crippen molar-refractivity contribution < 1.29 is 19.7 Å². The average Bonchev–Trinajstić information content (AvgIpc) is 2.54. The summed E-state index contributed by atoms with van der Waals surface area (Å²) in [5.41, 5.74) is 1.50. The quantitative estimate of drug-likeness (QED) is 0.463. The number of fused-ring (bicyclic) bond motifs is 1. The zero-order chi connectivity index (χ0) is 17.9. The van der Waals surface area contributed by atoms with Gasteiger partial charge in [-0.05, 0) is 45.1 Å². The van der Waals surface area contributed by atoms with Crippen LogP contribution in [0.25, 0.3) is 0 Å². The van der Waals surface area contributed by atoms with Crippen molar-refractivity contribution in [2.75, 3.05) is 6.61 Å². The molecule has 0 bridgehead atoms. The molecule has 3 unspecified atom stereocenters. The van der Waals surface area contributed by atoms with Crippen molar-refractivity contribution in [3.05, 3.63) is 48.1 Å². The molecule has 1 saturated carbocycles. The van der Waals surface area contributed by atoms with Crippen LogP contribution in [-0.4, -0.2) is 34.5 Å². The Hall–Kier alpha value is -1.65. The van der Waals surface area contributed by atoms with Crippen LogP contribution in [0.4, 0.5) is 0 Å².